The molecule has 0 unspecified atom stereocenters. The van der Waals surface area contributed by atoms with Gasteiger partial charge in [0.05, 0.1) is 13.2 Å². The molecule has 5 nitrogen and oxygen atoms in total. The molecule has 0 spiro atoms. The lowest BCUT2D eigenvalue weighted by Gasteiger charge is -2.44. The summed E-state index contributed by atoms with van der Waals surface area (Å²) >= 11 is 0. The first-order valence-electron chi connectivity index (χ1n) is 5.65. The Bertz CT molecular complexity index is 225. The average Bonchev–Trinajstić information content (AvgIpc) is 2.23. The third-order valence-electron chi connectivity index (χ3n) is 3.18. The maximum absolute atomic E-state index is 11.7. The Morgan fingerprint density at radius 3 is 2.53 bits per heavy atom. The summed E-state index contributed by atoms with van der Waals surface area (Å²) in [6.45, 7) is 3.68. The van der Waals surface area contributed by atoms with E-state index in [1.54, 1.807) is 0 Å². The van der Waals surface area contributed by atoms with Crippen LogP contribution in [-0.2, 0) is 4.74 Å². The van der Waals surface area contributed by atoms with Crippen molar-refractivity contribution in [3.8, 4) is 0 Å². The van der Waals surface area contributed by atoms with E-state index in [1.165, 1.54) is 13.5 Å². The van der Waals surface area contributed by atoms with Crippen LogP contribution < -0.4 is 5.32 Å². The Kier molecular flexibility index (Phi) is 3.43. The highest BCUT2D eigenvalue weighted by Crippen LogP contribution is 2.26. The van der Waals surface area contributed by atoms with Gasteiger partial charge in [0.2, 0.25) is 0 Å². The first kappa shape index (κ1) is 10.7. The monoisotopic (exact) mass is 213 g/mol. The first-order chi connectivity index (χ1) is 7.33. The summed E-state index contributed by atoms with van der Waals surface area (Å²) in [6.07, 6.45) is 3.24. The number of nitrogens with one attached hydrogen (secondary N) is 1. The molecule has 1 saturated carbocycles. The molecule has 2 fully saturated rings. The van der Waals surface area contributed by atoms with E-state index in [1.807, 2.05) is 5.01 Å². The topological polar surface area (TPSA) is 44.8 Å². The lowest BCUT2D eigenvalue weighted by molar-refractivity contribution is -0.0711. The molecule has 86 valence electrons. The number of amides is 1. The molecule has 1 amide bonds. The van der Waals surface area contributed by atoms with Crippen LogP contribution in [0.4, 0.5) is 4.79 Å². The number of nitrogens with zero attached hydrogens (tertiary/aromatic N) is 2. The summed E-state index contributed by atoms with van der Waals surface area (Å²) < 4.78 is 4.85. The van der Waals surface area contributed by atoms with Crippen molar-refractivity contribution in [2.75, 3.05) is 33.3 Å². The number of methoxy groups -OCH3 is 1. The van der Waals surface area contributed by atoms with E-state index in [0.717, 1.165) is 39.0 Å². The number of ether oxygens (including phenoxy) is 1. The lowest BCUT2D eigenvalue weighted by Crippen LogP contribution is -2.59. The van der Waals surface area contributed by atoms with E-state index in [0.29, 0.717) is 6.04 Å². The van der Waals surface area contributed by atoms with Crippen LogP contribution in [-0.4, -0.2) is 55.4 Å². The molecule has 1 N–H and O–H groups in total. The summed E-state index contributed by atoms with van der Waals surface area (Å²) in [5.41, 5.74) is 0. The second kappa shape index (κ2) is 4.81. The van der Waals surface area contributed by atoms with Crippen molar-refractivity contribution in [2.24, 2.45) is 0 Å². The average molecular weight is 213 g/mol. The van der Waals surface area contributed by atoms with Crippen molar-refractivity contribution in [2.45, 2.75) is 25.3 Å². The second-order valence-corrected chi connectivity index (χ2v) is 4.10. The van der Waals surface area contributed by atoms with Crippen LogP contribution in [0.1, 0.15) is 19.3 Å². The molecule has 15 heavy (non-hydrogen) atoms. The van der Waals surface area contributed by atoms with Gasteiger partial charge < -0.3 is 10.1 Å². The lowest BCUT2D eigenvalue weighted by atomic mass is 9.92. The quantitative estimate of drug-likeness (QED) is 0.722. The van der Waals surface area contributed by atoms with Gasteiger partial charge in [-0.2, -0.15) is 0 Å². The van der Waals surface area contributed by atoms with Gasteiger partial charge in [-0.25, -0.2) is 14.8 Å². The van der Waals surface area contributed by atoms with Gasteiger partial charge in [-0.1, -0.05) is 0 Å². The van der Waals surface area contributed by atoms with Crippen molar-refractivity contribution in [1.82, 2.24) is 15.3 Å². The summed E-state index contributed by atoms with van der Waals surface area (Å²) in [4.78, 5) is 11.7. The van der Waals surface area contributed by atoms with Crippen molar-refractivity contribution in [3.63, 3.8) is 0 Å². The molecule has 0 aromatic carbocycles. The van der Waals surface area contributed by atoms with Crippen molar-refractivity contribution in [1.29, 1.82) is 0 Å². The van der Waals surface area contributed by atoms with Gasteiger partial charge in [-0.3, -0.25) is 0 Å². The minimum absolute atomic E-state index is 0.207. The van der Waals surface area contributed by atoms with Gasteiger partial charge in [0.1, 0.15) is 0 Å². The smallest absolute Gasteiger partial charge is 0.424 e. The predicted octanol–water partition coefficient (Wildman–Crippen LogP) is 0.427. The Balaban J connectivity index is 1.99. The molecule has 2 rings (SSSR count). The van der Waals surface area contributed by atoms with E-state index in [2.05, 4.69) is 10.3 Å². The number of carbonyl (C=O) groups excluding carboxylic acids is 1. The molecule has 0 radical (unpaired) electrons. The number of rotatable bonds is 2. The van der Waals surface area contributed by atoms with Crippen LogP contribution in [0.25, 0.3) is 0 Å². The van der Waals surface area contributed by atoms with E-state index in [-0.39, 0.29) is 6.09 Å². The fourth-order valence-corrected chi connectivity index (χ4v) is 2.09. The van der Waals surface area contributed by atoms with Gasteiger partial charge in [0, 0.05) is 26.2 Å². The number of hydrogen-bond acceptors (Lipinski definition) is 4. The van der Waals surface area contributed by atoms with Crippen LogP contribution in [0, 0.1) is 0 Å². The summed E-state index contributed by atoms with van der Waals surface area (Å²) in [5, 5.41) is 7.22. The van der Waals surface area contributed by atoms with Gasteiger partial charge in [-0.05, 0) is 19.3 Å². The van der Waals surface area contributed by atoms with E-state index < -0.39 is 0 Å². The molecule has 5 heteroatoms. The van der Waals surface area contributed by atoms with E-state index in [4.69, 9.17) is 4.74 Å². The highest BCUT2D eigenvalue weighted by Gasteiger charge is 2.34. The number of hydrazine groups is 1. The summed E-state index contributed by atoms with van der Waals surface area (Å²) in [7, 11) is 1.45. The molecule has 2 aliphatic rings. The standard InChI is InChI=1S/C10H19N3O2/c1-15-10(14)13(9-3-2-4-9)12-7-5-11-6-8-12/h9,11H,2-8H2,1H3. The molecule has 0 aromatic heterocycles. The molecule has 1 aliphatic heterocycles. The second-order valence-electron chi connectivity index (χ2n) is 4.10. The molecule has 0 bridgehead atoms. The molecular formula is C10H19N3O2. The zero-order valence-corrected chi connectivity index (χ0v) is 9.24. The third kappa shape index (κ3) is 2.23. The maximum atomic E-state index is 11.7. The molecule has 1 saturated heterocycles. The molecular weight excluding hydrogens is 194 g/mol. The Hall–Kier alpha value is -0.810. The van der Waals surface area contributed by atoms with Gasteiger partial charge in [0.25, 0.3) is 0 Å². The zero-order valence-electron chi connectivity index (χ0n) is 9.24. The Morgan fingerprint density at radius 1 is 1.40 bits per heavy atom. The molecule has 0 aromatic rings. The maximum Gasteiger partial charge on any atom is 0.424 e. The predicted molar refractivity (Wildman–Crippen MR) is 56.3 cm³/mol. The summed E-state index contributed by atoms with van der Waals surface area (Å²) in [5.74, 6) is 0. The fourth-order valence-electron chi connectivity index (χ4n) is 2.09. The highest BCUT2D eigenvalue weighted by molar-refractivity contribution is 5.67. The third-order valence-corrected chi connectivity index (χ3v) is 3.18. The van der Waals surface area contributed by atoms with Crippen LogP contribution in [0.3, 0.4) is 0 Å². The van der Waals surface area contributed by atoms with E-state index >= 15 is 0 Å². The number of piperazine rings is 1. The van der Waals surface area contributed by atoms with Crippen LogP contribution in [0.2, 0.25) is 0 Å². The van der Waals surface area contributed by atoms with Crippen molar-refractivity contribution in [3.05, 3.63) is 0 Å². The van der Waals surface area contributed by atoms with Gasteiger partial charge in [-0.15, -0.1) is 0 Å². The van der Waals surface area contributed by atoms with E-state index in [9.17, 15) is 4.79 Å². The van der Waals surface area contributed by atoms with Crippen molar-refractivity contribution < 1.29 is 9.53 Å². The normalized spacial score (nSPS) is 23.3. The largest absolute Gasteiger partial charge is 0.452 e. The van der Waals surface area contributed by atoms with Gasteiger partial charge >= 0.3 is 6.09 Å². The summed E-state index contributed by atoms with van der Waals surface area (Å²) in [6, 6.07) is 0.371. The fraction of sp³-hybridized carbons (Fsp3) is 0.900. The Labute approximate surface area is 90.3 Å². The first-order valence-corrected chi connectivity index (χ1v) is 5.65. The van der Waals surface area contributed by atoms with Gasteiger partial charge in [0.15, 0.2) is 0 Å². The SMILES string of the molecule is COC(=O)N(C1CCC1)N1CCNCC1. The molecule has 1 heterocycles. The number of carbonyl (C=O) groups is 1. The van der Waals surface area contributed by atoms with Crippen LogP contribution >= 0.6 is 0 Å². The minimum Gasteiger partial charge on any atom is -0.452 e. The van der Waals surface area contributed by atoms with Crippen LogP contribution in [0.15, 0.2) is 0 Å². The highest BCUT2D eigenvalue weighted by atomic mass is 16.5. The molecule has 1 aliphatic carbocycles. The molecule has 0 atom stereocenters. The Morgan fingerprint density at radius 2 is 2.07 bits per heavy atom. The zero-order chi connectivity index (χ0) is 10.7. The van der Waals surface area contributed by atoms with Crippen LogP contribution in [0.5, 0.6) is 0 Å². The minimum atomic E-state index is -0.207. The number of hydrogen-bond donors (Lipinski definition) is 1. The van der Waals surface area contributed by atoms with Crippen molar-refractivity contribution >= 4 is 6.09 Å².